The van der Waals surface area contributed by atoms with Crippen molar-refractivity contribution >= 4 is 29.2 Å². The van der Waals surface area contributed by atoms with E-state index in [1.807, 2.05) is 12.1 Å². The molecule has 4 N–H and O–H groups in total. The summed E-state index contributed by atoms with van der Waals surface area (Å²) in [6, 6.07) is 7.80. The van der Waals surface area contributed by atoms with Gasteiger partial charge >= 0.3 is 6.03 Å². The molecule has 0 saturated heterocycles. The summed E-state index contributed by atoms with van der Waals surface area (Å²) in [6.45, 7) is 6.50. The van der Waals surface area contributed by atoms with Crippen LogP contribution in [0.15, 0.2) is 30.5 Å². The highest BCUT2D eigenvalue weighted by atomic mass is 16.2. The maximum absolute atomic E-state index is 11.2. The number of rotatable bonds is 2. The van der Waals surface area contributed by atoms with Gasteiger partial charge in [0.15, 0.2) is 5.82 Å². The molecule has 0 radical (unpaired) electrons. The Hall–Kier alpha value is -2.83. The lowest BCUT2D eigenvalue weighted by molar-refractivity contribution is 0.253. The maximum atomic E-state index is 11.2. The van der Waals surface area contributed by atoms with Crippen molar-refractivity contribution < 1.29 is 4.79 Å². The minimum absolute atomic E-state index is 0.0736. The lowest BCUT2D eigenvalue weighted by Crippen LogP contribution is -2.38. The van der Waals surface area contributed by atoms with Crippen molar-refractivity contribution in [3.05, 3.63) is 36.0 Å². The SMILES string of the molecule is CC(C)(C)c1cccc(Nc2ncc3c(n2)NNC(=O)N3)c1. The second-order valence-corrected chi connectivity index (χ2v) is 6.12. The van der Waals surface area contributed by atoms with E-state index in [0.29, 0.717) is 17.5 Å². The topological polar surface area (TPSA) is 91.0 Å². The van der Waals surface area contributed by atoms with Crippen molar-refractivity contribution in [1.29, 1.82) is 0 Å². The first-order chi connectivity index (χ1) is 10.4. The minimum Gasteiger partial charge on any atom is -0.324 e. The monoisotopic (exact) mass is 298 g/mol. The Morgan fingerprint density at radius 1 is 1.18 bits per heavy atom. The number of amides is 2. The molecule has 114 valence electrons. The van der Waals surface area contributed by atoms with E-state index in [1.54, 1.807) is 6.20 Å². The molecule has 2 amide bonds. The van der Waals surface area contributed by atoms with Crippen LogP contribution in [0.25, 0.3) is 0 Å². The van der Waals surface area contributed by atoms with Crippen LogP contribution in [0, 0.1) is 0 Å². The predicted molar refractivity (Wildman–Crippen MR) is 86.2 cm³/mol. The van der Waals surface area contributed by atoms with E-state index in [9.17, 15) is 4.79 Å². The molecule has 0 atom stereocenters. The van der Waals surface area contributed by atoms with Crippen LogP contribution in [0.5, 0.6) is 0 Å². The fourth-order valence-electron chi connectivity index (χ4n) is 2.09. The highest BCUT2D eigenvalue weighted by Crippen LogP contribution is 2.27. The van der Waals surface area contributed by atoms with Crippen molar-refractivity contribution in [3.63, 3.8) is 0 Å². The normalized spacial score (nSPS) is 13.5. The molecule has 2 heterocycles. The van der Waals surface area contributed by atoms with Crippen LogP contribution in [0.3, 0.4) is 0 Å². The number of nitrogens with zero attached hydrogens (tertiary/aromatic N) is 2. The van der Waals surface area contributed by atoms with Crippen LogP contribution in [0.2, 0.25) is 0 Å². The molecule has 1 aromatic carbocycles. The van der Waals surface area contributed by atoms with Crippen LogP contribution in [0.1, 0.15) is 26.3 Å². The highest BCUT2D eigenvalue weighted by Gasteiger charge is 2.16. The number of carbonyl (C=O) groups is 1. The summed E-state index contributed by atoms with van der Waals surface area (Å²) in [4.78, 5) is 19.7. The number of hydrazine groups is 1. The molecular formula is C15H18N6O. The highest BCUT2D eigenvalue weighted by molar-refractivity contribution is 5.96. The lowest BCUT2D eigenvalue weighted by Gasteiger charge is -2.20. The quantitative estimate of drug-likeness (QED) is 0.684. The smallest absolute Gasteiger partial charge is 0.324 e. The Labute approximate surface area is 128 Å². The molecule has 0 aliphatic carbocycles. The third kappa shape index (κ3) is 2.93. The molecule has 1 aliphatic heterocycles. The van der Waals surface area contributed by atoms with E-state index in [4.69, 9.17) is 0 Å². The Balaban J connectivity index is 1.83. The number of nitrogens with one attached hydrogen (secondary N) is 4. The molecule has 2 aromatic rings. The Bertz CT molecular complexity index is 722. The van der Waals surface area contributed by atoms with E-state index in [0.717, 1.165) is 5.69 Å². The van der Waals surface area contributed by atoms with E-state index in [1.165, 1.54) is 5.56 Å². The zero-order chi connectivity index (χ0) is 15.7. The number of aromatic nitrogens is 2. The standard InChI is InChI=1S/C15H18N6O/c1-15(2,3)9-5-4-6-10(7-9)17-13-16-8-11-12(19-13)20-21-14(22)18-11/h4-8H,1-3H3,(H2,18,21,22)(H2,16,17,19,20). The summed E-state index contributed by atoms with van der Waals surface area (Å²) in [5.74, 6) is 0.972. The third-order valence-electron chi connectivity index (χ3n) is 3.32. The molecule has 0 spiro atoms. The van der Waals surface area contributed by atoms with Gasteiger partial charge in [0.2, 0.25) is 5.95 Å². The Morgan fingerprint density at radius 2 is 2.00 bits per heavy atom. The fourth-order valence-corrected chi connectivity index (χ4v) is 2.09. The van der Waals surface area contributed by atoms with Gasteiger partial charge in [-0.3, -0.25) is 5.43 Å². The van der Waals surface area contributed by atoms with Crippen molar-refractivity contribution in [2.75, 3.05) is 16.1 Å². The second kappa shape index (κ2) is 5.18. The van der Waals surface area contributed by atoms with Crippen LogP contribution in [0.4, 0.5) is 27.9 Å². The zero-order valence-corrected chi connectivity index (χ0v) is 12.7. The first-order valence-electron chi connectivity index (χ1n) is 6.99. The van der Waals surface area contributed by atoms with E-state index < -0.39 is 0 Å². The average molecular weight is 298 g/mol. The minimum atomic E-state index is -0.338. The van der Waals surface area contributed by atoms with E-state index in [2.05, 4.69) is 64.4 Å². The van der Waals surface area contributed by atoms with Gasteiger partial charge in [-0.05, 0) is 23.1 Å². The van der Waals surface area contributed by atoms with Gasteiger partial charge < -0.3 is 10.6 Å². The molecule has 0 bridgehead atoms. The maximum Gasteiger partial charge on any atom is 0.338 e. The fraction of sp³-hybridized carbons (Fsp3) is 0.267. The number of carbonyl (C=O) groups excluding carboxylic acids is 1. The molecule has 1 aromatic heterocycles. The lowest BCUT2D eigenvalue weighted by atomic mass is 9.87. The van der Waals surface area contributed by atoms with Gasteiger partial charge in [-0.25, -0.2) is 15.2 Å². The van der Waals surface area contributed by atoms with Crippen LogP contribution >= 0.6 is 0 Å². The van der Waals surface area contributed by atoms with Crippen LogP contribution < -0.4 is 21.5 Å². The predicted octanol–water partition coefficient (Wildman–Crippen LogP) is 2.98. The molecular weight excluding hydrogens is 280 g/mol. The summed E-state index contributed by atoms with van der Waals surface area (Å²) in [6.07, 6.45) is 1.56. The molecule has 22 heavy (non-hydrogen) atoms. The molecule has 0 saturated carbocycles. The number of benzene rings is 1. The van der Waals surface area contributed by atoms with Gasteiger partial charge in [0.1, 0.15) is 5.69 Å². The first-order valence-corrected chi connectivity index (χ1v) is 6.99. The average Bonchev–Trinajstić information content (AvgIpc) is 2.47. The molecule has 3 rings (SSSR count). The van der Waals surface area contributed by atoms with E-state index >= 15 is 0 Å². The molecule has 7 heteroatoms. The molecule has 1 aliphatic rings. The van der Waals surface area contributed by atoms with Crippen molar-refractivity contribution in [1.82, 2.24) is 15.4 Å². The second-order valence-electron chi connectivity index (χ2n) is 6.12. The first kappa shape index (κ1) is 14.1. The van der Waals surface area contributed by atoms with Crippen LogP contribution in [-0.4, -0.2) is 16.0 Å². The van der Waals surface area contributed by atoms with E-state index in [-0.39, 0.29) is 11.4 Å². The Kier molecular flexibility index (Phi) is 3.32. The van der Waals surface area contributed by atoms with Crippen LogP contribution in [-0.2, 0) is 5.41 Å². The van der Waals surface area contributed by atoms with Gasteiger partial charge in [-0.1, -0.05) is 32.9 Å². The summed E-state index contributed by atoms with van der Waals surface area (Å²) >= 11 is 0. The number of fused-ring (bicyclic) bond motifs is 1. The van der Waals surface area contributed by atoms with Gasteiger partial charge in [-0.2, -0.15) is 4.98 Å². The van der Waals surface area contributed by atoms with Gasteiger partial charge in [0, 0.05) is 5.69 Å². The molecule has 0 unspecified atom stereocenters. The van der Waals surface area contributed by atoms with Crippen molar-refractivity contribution in [2.45, 2.75) is 26.2 Å². The summed E-state index contributed by atoms with van der Waals surface area (Å²) in [5.41, 5.74) is 7.92. The summed E-state index contributed by atoms with van der Waals surface area (Å²) in [7, 11) is 0. The summed E-state index contributed by atoms with van der Waals surface area (Å²) in [5, 5.41) is 5.79. The number of anilines is 4. The van der Waals surface area contributed by atoms with Gasteiger partial charge in [0.25, 0.3) is 0 Å². The van der Waals surface area contributed by atoms with Crippen molar-refractivity contribution in [3.8, 4) is 0 Å². The van der Waals surface area contributed by atoms with Gasteiger partial charge in [-0.15, -0.1) is 0 Å². The summed E-state index contributed by atoms with van der Waals surface area (Å²) < 4.78 is 0. The Morgan fingerprint density at radius 3 is 2.77 bits per heavy atom. The molecule has 7 nitrogen and oxygen atoms in total. The number of hydrogen-bond acceptors (Lipinski definition) is 5. The van der Waals surface area contributed by atoms with Gasteiger partial charge in [0.05, 0.1) is 6.20 Å². The third-order valence-corrected chi connectivity index (χ3v) is 3.32. The molecule has 0 fully saturated rings. The number of hydrogen-bond donors (Lipinski definition) is 4. The van der Waals surface area contributed by atoms with Crippen molar-refractivity contribution in [2.24, 2.45) is 0 Å². The largest absolute Gasteiger partial charge is 0.338 e. The zero-order valence-electron chi connectivity index (χ0n) is 12.7. The number of urea groups is 1.